The fourth-order valence-corrected chi connectivity index (χ4v) is 0.636. The van der Waals surface area contributed by atoms with E-state index in [0.29, 0.717) is 32.2 Å². The van der Waals surface area contributed by atoms with Gasteiger partial charge in [-0.2, -0.15) is 0 Å². The van der Waals surface area contributed by atoms with Crippen molar-refractivity contribution in [3.05, 3.63) is 0 Å². The molecule has 0 aliphatic heterocycles. The fourth-order valence-electron chi connectivity index (χ4n) is 0.636. The second-order valence-electron chi connectivity index (χ2n) is 3.00. The lowest BCUT2D eigenvalue weighted by Crippen LogP contribution is -2.24. The quantitative estimate of drug-likeness (QED) is 0.408. The molecular formula is C8H20N2O2. The van der Waals surface area contributed by atoms with Crippen molar-refractivity contribution in [2.75, 3.05) is 32.9 Å². The van der Waals surface area contributed by atoms with E-state index in [0.717, 1.165) is 6.61 Å². The van der Waals surface area contributed by atoms with Crippen LogP contribution in [0.4, 0.5) is 0 Å². The summed E-state index contributed by atoms with van der Waals surface area (Å²) >= 11 is 0. The minimum absolute atomic E-state index is 0.542. The van der Waals surface area contributed by atoms with Gasteiger partial charge < -0.3 is 15.3 Å². The van der Waals surface area contributed by atoms with E-state index >= 15 is 0 Å². The molecule has 0 spiro atoms. The molecule has 0 aliphatic carbocycles. The molecule has 0 rings (SSSR count). The first-order valence-electron chi connectivity index (χ1n) is 4.39. The third-order valence-corrected chi connectivity index (χ3v) is 1.12. The van der Waals surface area contributed by atoms with Gasteiger partial charge in [-0.3, -0.25) is 0 Å². The highest BCUT2D eigenvalue weighted by molar-refractivity contribution is 4.40. The van der Waals surface area contributed by atoms with Crippen LogP contribution in [0.3, 0.4) is 0 Å². The smallest absolute Gasteiger partial charge is 0.0804 e. The second-order valence-corrected chi connectivity index (χ2v) is 3.00. The van der Waals surface area contributed by atoms with Crippen LogP contribution in [-0.4, -0.2) is 32.9 Å². The Labute approximate surface area is 74.4 Å². The number of hydroxylamine groups is 1. The Bertz CT molecular complexity index is 89.1. The van der Waals surface area contributed by atoms with Crippen molar-refractivity contribution in [3.8, 4) is 0 Å². The Balaban J connectivity index is 2.82. The molecule has 0 aromatic carbocycles. The third-order valence-electron chi connectivity index (χ3n) is 1.12. The van der Waals surface area contributed by atoms with E-state index in [1.165, 1.54) is 0 Å². The number of rotatable bonds is 8. The van der Waals surface area contributed by atoms with Crippen LogP contribution < -0.4 is 11.2 Å². The number of nitrogens with two attached hydrogens (primary N) is 1. The topological polar surface area (TPSA) is 56.5 Å². The standard InChI is InChI=1S/C8H20N2O2/c1-8(2)7-11-6-4-10-12-5-3-9/h8,10H,3-7,9H2,1-2H3. The van der Waals surface area contributed by atoms with Gasteiger partial charge in [0.15, 0.2) is 0 Å². The number of ether oxygens (including phenoxy) is 1. The van der Waals surface area contributed by atoms with Gasteiger partial charge in [0.25, 0.3) is 0 Å². The zero-order valence-electron chi connectivity index (χ0n) is 8.01. The molecule has 0 bridgehead atoms. The van der Waals surface area contributed by atoms with Crippen molar-refractivity contribution in [1.29, 1.82) is 0 Å². The van der Waals surface area contributed by atoms with Crippen molar-refractivity contribution in [2.24, 2.45) is 11.7 Å². The number of nitrogens with one attached hydrogen (secondary N) is 1. The normalized spacial score (nSPS) is 11.0. The van der Waals surface area contributed by atoms with E-state index < -0.39 is 0 Å². The largest absolute Gasteiger partial charge is 0.380 e. The molecule has 0 saturated heterocycles. The first kappa shape index (κ1) is 11.8. The van der Waals surface area contributed by atoms with E-state index in [9.17, 15) is 0 Å². The lowest BCUT2D eigenvalue weighted by atomic mass is 10.2. The molecule has 3 N–H and O–H groups in total. The second kappa shape index (κ2) is 8.93. The van der Waals surface area contributed by atoms with E-state index in [1.54, 1.807) is 0 Å². The lowest BCUT2D eigenvalue weighted by molar-refractivity contribution is 0.0208. The van der Waals surface area contributed by atoms with Gasteiger partial charge in [-0.05, 0) is 5.92 Å². The summed E-state index contributed by atoms with van der Waals surface area (Å²) in [5, 5.41) is 0. The van der Waals surface area contributed by atoms with Gasteiger partial charge >= 0.3 is 0 Å². The molecule has 12 heavy (non-hydrogen) atoms. The van der Waals surface area contributed by atoms with Crippen LogP contribution in [0.1, 0.15) is 13.8 Å². The molecule has 0 unspecified atom stereocenters. The highest BCUT2D eigenvalue weighted by Gasteiger charge is 1.92. The molecule has 74 valence electrons. The zero-order chi connectivity index (χ0) is 9.23. The van der Waals surface area contributed by atoms with Crippen LogP contribution >= 0.6 is 0 Å². The predicted octanol–water partition coefficient (Wildman–Crippen LogP) is 0.139. The minimum atomic E-state index is 0.542. The van der Waals surface area contributed by atoms with Crippen molar-refractivity contribution >= 4 is 0 Å². The first-order chi connectivity index (χ1) is 5.77. The Hall–Kier alpha value is -0.160. The molecule has 0 aromatic rings. The van der Waals surface area contributed by atoms with Crippen molar-refractivity contribution < 1.29 is 9.57 Å². The van der Waals surface area contributed by atoms with Gasteiger partial charge in [-0.1, -0.05) is 13.8 Å². The summed E-state index contributed by atoms with van der Waals surface area (Å²) in [4.78, 5) is 4.93. The van der Waals surface area contributed by atoms with Gasteiger partial charge in [0.1, 0.15) is 0 Å². The minimum Gasteiger partial charge on any atom is -0.380 e. The van der Waals surface area contributed by atoms with Crippen molar-refractivity contribution in [3.63, 3.8) is 0 Å². The van der Waals surface area contributed by atoms with Crippen LogP contribution in [0.15, 0.2) is 0 Å². The molecule has 0 aromatic heterocycles. The third kappa shape index (κ3) is 9.84. The van der Waals surface area contributed by atoms with Gasteiger partial charge in [-0.15, -0.1) is 0 Å². The molecule has 4 heteroatoms. The Morgan fingerprint density at radius 1 is 1.33 bits per heavy atom. The Kier molecular flexibility index (Phi) is 8.81. The molecule has 0 radical (unpaired) electrons. The summed E-state index contributed by atoms with van der Waals surface area (Å²) in [6.07, 6.45) is 0. The van der Waals surface area contributed by atoms with Crippen LogP contribution in [0.2, 0.25) is 0 Å². The molecule has 4 nitrogen and oxygen atoms in total. The molecule has 0 heterocycles. The molecule has 0 saturated carbocycles. The maximum Gasteiger partial charge on any atom is 0.0804 e. The summed E-state index contributed by atoms with van der Waals surface area (Å²) in [5.74, 6) is 0.593. The predicted molar refractivity (Wildman–Crippen MR) is 48.7 cm³/mol. The van der Waals surface area contributed by atoms with Crippen molar-refractivity contribution in [1.82, 2.24) is 5.48 Å². The van der Waals surface area contributed by atoms with Crippen LogP contribution in [0.5, 0.6) is 0 Å². The summed E-state index contributed by atoms with van der Waals surface area (Å²) in [7, 11) is 0. The summed E-state index contributed by atoms with van der Waals surface area (Å²) in [5.41, 5.74) is 7.97. The van der Waals surface area contributed by atoms with Gasteiger partial charge in [0.2, 0.25) is 0 Å². The van der Waals surface area contributed by atoms with Crippen LogP contribution in [0.25, 0.3) is 0 Å². The number of hydrogen-bond acceptors (Lipinski definition) is 4. The average Bonchev–Trinajstić information content (AvgIpc) is 2.02. The Morgan fingerprint density at radius 3 is 2.67 bits per heavy atom. The maximum atomic E-state index is 5.30. The maximum absolute atomic E-state index is 5.30. The zero-order valence-corrected chi connectivity index (χ0v) is 8.01. The highest BCUT2D eigenvalue weighted by atomic mass is 16.6. The molecule has 0 atom stereocenters. The summed E-state index contributed by atoms with van der Waals surface area (Å²) < 4.78 is 5.30. The Morgan fingerprint density at radius 2 is 2.08 bits per heavy atom. The first-order valence-corrected chi connectivity index (χ1v) is 4.39. The van der Waals surface area contributed by atoms with Gasteiger partial charge in [-0.25, -0.2) is 5.48 Å². The van der Waals surface area contributed by atoms with E-state index in [2.05, 4.69) is 19.3 Å². The monoisotopic (exact) mass is 176 g/mol. The van der Waals surface area contributed by atoms with E-state index in [1.807, 2.05) is 0 Å². The lowest BCUT2D eigenvalue weighted by Gasteiger charge is -2.07. The van der Waals surface area contributed by atoms with Crippen LogP contribution in [-0.2, 0) is 9.57 Å². The van der Waals surface area contributed by atoms with E-state index in [4.69, 9.17) is 15.3 Å². The molecule has 0 fully saturated rings. The molecule has 0 aliphatic rings. The molecular weight excluding hydrogens is 156 g/mol. The van der Waals surface area contributed by atoms with Gasteiger partial charge in [0.05, 0.1) is 13.2 Å². The summed E-state index contributed by atoms with van der Waals surface area (Å²) in [6, 6.07) is 0. The summed E-state index contributed by atoms with van der Waals surface area (Å²) in [6.45, 7) is 7.54. The molecule has 0 amide bonds. The van der Waals surface area contributed by atoms with E-state index in [-0.39, 0.29) is 0 Å². The highest BCUT2D eigenvalue weighted by Crippen LogP contribution is 1.90. The van der Waals surface area contributed by atoms with Crippen molar-refractivity contribution in [2.45, 2.75) is 13.8 Å². The fraction of sp³-hybridized carbons (Fsp3) is 1.00. The van der Waals surface area contributed by atoms with Crippen LogP contribution in [0, 0.1) is 5.92 Å². The average molecular weight is 176 g/mol. The SMILES string of the molecule is CC(C)COCCNOCCN. The number of hydrogen-bond donors (Lipinski definition) is 2. The van der Waals surface area contributed by atoms with Gasteiger partial charge in [0, 0.05) is 19.7 Å².